The Kier molecular flexibility index (Phi) is 3.12. The Bertz CT molecular complexity index is 552. The van der Waals surface area contributed by atoms with Crippen LogP contribution in [0.1, 0.15) is 48.3 Å². The first-order chi connectivity index (χ1) is 9.15. The zero-order valence-corrected chi connectivity index (χ0v) is 11.1. The highest BCUT2D eigenvalue weighted by Gasteiger charge is 2.39. The van der Waals surface area contributed by atoms with E-state index in [0.717, 1.165) is 12.3 Å². The van der Waals surface area contributed by atoms with Gasteiger partial charge in [0, 0.05) is 12.2 Å². The fourth-order valence-corrected chi connectivity index (χ4v) is 3.63. The van der Waals surface area contributed by atoms with E-state index < -0.39 is 0 Å². The lowest BCUT2D eigenvalue weighted by Gasteiger charge is -2.19. The van der Waals surface area contributed by atoms with Crippen LogP contribution in [0.5, 0.6) is 0 Å². The maximum Gasteiger partial charge on any atom is 0.263 e. The smallest absolute Gasteiger partial charge is 0.263 e. The normalized spacial score (nSPS) is 29.2. The molecule has 0 bridgehead atoms. The zero-order chi connectivity index (χ0) is 13.4. The third kappa shape index (κ3) is 2.29. The monoisotopic (exact) mass is 261 g/mol. The maximum absolute atomic E-state index is 12.2. The molecule has 0 aromatic carbocycles. The van der Waals surface area contributed by atoms with Crippen molar-refractivity contribution in [2.75, 3.05) is 0 Å². The van der Waals surface area contributed by atoms with Gasteiger partial charge in [-0.05, 0) is 38.0 Å². The van der Waals surface area contributed by atoms with Crippen LogP contribution in [0.25, 0.3) is 0 Å². The summed E-state index contributed by atoms with van der Waals surface area (Å²) in [6, 6.07) is 0.237. The molecule has 0 spiro atoms. The van der Waals surface area contributed by atoms with E-state index in [1.165, 1.54) is 31.9 Å². The molecule has 5 heteroatoms. The number of H-pyrrole nitrogens is 1. The summed E-state index contributed by atoms with van der Waals surface area (Å²) in [4.78, 5) is 30.4. The summed E-state index contributed by atoms with van der Waals surface area (Å²) in [6.07, 6.45) is 7.39. The molecule has 0 unspecified atom stereocenters. The highest BCUT2D eigenvalue weighted by atomic mass is 16.2. The molecular formula is C14H19N3O2. The minimum absolute atomic E-state index is 0.118. The van der Waals surface area contributed by atoms with Crippen LogP contribution >= 0.6 is 0 Å². The molecule has 0 aliphatic heterocycles. The molecule has 0 radical (unpaired) electrons. The molecule has 1 heterocycles. The number of hydrogen-bond donors (Lipinski definition) is 2. The number of carbonyl (C=O) groups excluding carboxylic acids is 1. The highest BCUT2D eigenvalue weighted by Crippen LogP contribution is 2.43. The summed E-state index contributed by atoms with van der Waals surface area (Å²) in [5.74, 6) is 1.63. The number of aryl methyl sites for hydroxylation is 1. The predicted molar refractivity (Wildman–Crippen MR) is 70.9 cm³/mol. The van der Waals surface area contributed by atoms with Gasteiger partial charge in [0.25, 0.3) is 11.5 Å². The van der Waals surface area contributed by atoms with E-state index in [1.54, 1.807) is 6.92 Å². The molecule has 19 heavy (non-hydrogen) atoms. The van der Waals surface area contributed by atoms with Crippen LogP contribution in [0, 0.1) is 18.8 Å². The van der Waals surface area contributed by atoms with Crippen molar-refractivity contribution >= 4 is 5.91 Å². The Balaban J connectivity index is 1.73. The van der Waals surface area contributed by atoms with Gasteiger partial charge in [0.15, 0.2) is 0 Å². The summed E-state index contributed by atoms with van der Waals surface area (Å²) in [6.45, 7) is 1.70. The summed E-state index contributed by atoms with van der Waals surface area (Å²) in [5, 5.41) is 3.03. The van der Waals surface area contributed by atoms with E-state index in [9.17, 15) is 9.59 Å². The first-order valence-corrected chi connectivity index (χ1v) is 7.02. The van der Waals surface area contributed by atoms with E-state index in [2.05, 4.69) is 15.3 Å². The molecule has 2 fully saturated rings. The molecule has 1 aromatic rings. The molecule has 2 N–H and O–H groups in total. The predicted octanol–water partition coefficient (Wildman–Crippen LogP) is 1.39. The fraction of sp³-hybridized carbons (Fsp3) is 0.643. The molecule has 2 aliphatic carbocycles. The van der Waals surface area contributed by atoms with Crippen LogP contribution in [0.3, 0.4) is 0 Å². The van der Waals surface area contributed by atoms with Gasteiger partial charge < -0.3 is 10.3 Å². The zero-order valence-electron chi connectivity index (χ0n) is 11.1. The topological polar surface area (TPSA) is 74.8 Å². The van der Waals surface area contributed by atoms with Crippen LogP contribution < -0.4 is 10.9 Å². The van der Waals surface area contributed by atoms with E-state index in [0.29, 0.717) is 11.7 Å². The number of hydrogen-bond acceptors (Lipinski definition) is 3. The maximum atomic E-state index is 12.2. The van der Waals surface area contributed by atoms with Crippen molar-refractivity contribution in [3.8, 4) is 0 Å². The number of amides is 1. The van der Waals surface area contributed by atoms with E-state index in [-0.39, 0.29) is 23.1 Å². The van der Waals surface area contributed by atoms with Gasteiger partial charge in [-0.15, -0.1) is 0 Å². The van der Waals surface area contributed by atoms with Crippen molar-refractivity contribution in [2.45, 2.75) is 45.1 Å². The summed E-state index contributed by atoms with van der Waals surface area (Å²) in [5.41, 5.74) is -0.238. The number of fused-ring (bicyclic) bond motifs is 1. The van der Waals surface area contributed by atoms with Gasteiger partial charge in [0.1, 0.15) is 11.4 Å². The van der Waals surface area contributed by atoms with E-state index >= 15 is 0 Å². The minimum Gasteiger partial charge on any atom is -0.349 e. The summed E-state index contributed by atoms with van der Waals surface area (Å²) < 4.78 is 0. The Morgan fingerprint density at radius 1 is 1.37 bits per heavy atom. The number of carbonyl (C=O) groups is 1. The van der Waals surface area contributed by atoms with Gasteiger partial charge in [-0.2, -0.15) is 0 Å². The number of rotatable bonds is 2. The first kappa shape index (κ1) is 12.4. The lowest BCUT2D eigenvalue weighted by molar-refractivity contribution is 0.0924. The molecule has 1 amide bonds. The van der Waals surface area contributed by atoms with Crippen molar-refractivity contribution in [1.29, 1.82) is 0 Å². The van der Waals surface area contributed by atoms with Crippen molar-refractivity contribution < 1.29 is 4.79 Å². The third-order valence-corrected chi connectivity index (χ3v) is 4.57. The quantitative estimate of drug-likeness (QED) is 0.844. The van der Waals surface area contributed by atoms with Gasteiger partial charge in [0.2, 0.25) is 0 Å². The second-order valence-electron chi connectivity index (χ2n) is 5.72. The molecule has 102 valence electrons. The number of aromatic nitrogens is 2. The van der Waals surface area contributed by atoms with E-state index in [4.69, 9.17) is 0 Å². The highest BCUT2D eigenvalue weighted by molar-refractivity contribution is 5.93. The van der Waals surface area contributed by atoms with Crippen molar-refractivity contribution in [3.63, 3.8) is 0 Å². The Hall–Kier alpha value is -1.65. The SMILES string of the molecule is Cc1ncc(C(=O)N[C@H]2CC[C@@H]3CCC[C@@H]32)c(=O)[nH]1. The van der Waals surface area contributed by atoms with Crippen LogP contribution in [-0.4, -0.2) is 21.9 Å². The van der Waals surface area contributed by atoms with Gasteiger partial charge in [0.05, 0.1) is 0 Å². The molecule has 5 nitrogen and oxygen atoms in total. The lowest BCUT2D eigenvalue weighted by Crippen LogP contribution is -2.40. The van der Waals surface area contributed by atoms with Crippen LogP contribution in [0.4, 0.5) is 0 Å². The molecule has 3 atom stereocenters. The molecule has 3 rings (SSSR count). The average molecular weight is 261 g/mol. The summed E-state index contributed by atoms with van der Waals surface area (Å²) in [7, 11) is 0. The number of nitrogens with one attached hydrogen (secondary N) is 2. The molecule has 2 aliphatic rings. The Morgan fingerprint density at radius 2 is 2.21 bits per heavy atom. The lowest BCUT2D eigenvalue weighted by atomic mass is 9.97. The van der Waals surface area contributed by atoms with Crippen LogP contribution in [-0.2, 0) is 0 Å². The van der Waals surface area contributed by atoms with Crippen LogP contribution in [0.15, 0.2) is 11.0 Å². The van der Waals surface area contributed by atoms with Gasteiger partial charge in [-0.25, -0.2) is 4.98 Å². The Morgan fingerprint density at radius 3 is 3.00 bits per heavy atom. The van der Waals surface area contributed by atoms with E-state index in [1.807, 2.05) is 0 Å². The van der Waals surface area contributed by atoms with Gasteiger partial charge in [-0.1, -0.05) is 12.8 Å². The van der Waals surface area contributed by atoms with Gasteiger partial charge >= 0.3 is 0 Å². The third-order valence-electron chi connectivity index (χ3n) is 4.57. The van der Waals surface area contributed by atoms with Crippen LogP contribution in [0.2, 0.25) is 0 Å². The van der Waals surface area contributed by atoms with Crippen molar-refractivity contribution in [3.05, 3.63) is 27.9 Å². The van der Waals surface area contributed by atoms with Crippen molar-refractivity contribution in [1.82, 2.24) is 15.3 Å². The largest absolute Gasteiger partial charge is 0.349 e. The fourth-order valence-electron chi connectivity index (χ4n) is 3.63. The second-order valence-corrected chi connectivity index (χ2v) is 5.72. The standard InChI is InChI=1S/C14H19N3O2/c1-8-15-7-11(13(18)16-8)14(19)17-12-6-5-9-3-2-4-10(9)12/h7,9-10,12H,2-6H2,1H3,(H,17,19)(H,15,16,18)/t9-,10-,12-/m0/s1. The summed E-state index contributed by atoms with van der Waals surface area (Å²) >= 11 is 0. The molecular weight excluding hydrogens is 242 g/mol. The second kappa shape index (κ2) is 4.79. The molecule has 2 saturated carbocycles. The first-order valence-electron chi connectivity index (χ1n) is 7.02. The number of aromatic amines is 1. The average Bonchev–Trinajstić information content (AvgIpc) is 2.94. The molecule has 0 saturated heterocycles. The minimum atomic E-state index is -0.356. The Labute approximate surface area is 111 Å². The number of nitrogens with zero attached hydrogens (tertiary/aromatic N) is 1. The van der Waals surface area contributed by atoms with Crippen molar-refractivity contribution in [2.24, 2.45) is 11.8 Å². The molecule has 1 aromatic heterocycles. The van der Waals surface area contributed by atoms with Gasteiger partial charge in [-0.3, -0.25) is 9.59 Å².